The number of nitrogens with zero attached hydrogens (tertiary/aromatic N) is 1. The summed E-state index contributed by atoms with van der Waals surface area (Å²) in [6.45, 7) is 0.823. The highest BCUT2D eigenvalue weighted by molar-refractivity contribution is 6.05. The number of benzene rings is 1. The fraction of sp³-hybridized carbons (Fsp3) is 0.500. The summed E-state index contributed by atoms with van der Waals surface area (Å²) in [5.74, 6) is 1.49. The number of ether oxygens (including phenoxy) is 2. The Labute approximate surface area is 134 Å². The Morgan fingerprint density at radius 2 is 2.22 bits per heavy atom. The van der Waals surface area contributed by atoms with Gasteiger partial charge in [0.15, 0.2) is 17.3 Å². The van der Waals surface area contributed by atoms with E-state index in [2.05, 4.69) is 4.90 Å². The van der Waals surface area contributed by atoms with Gasteiger partial charge in [0.2, 0.25) is 0 Å². The van der Waals surface area contributed by atoms with Crippen LogP contribution in [0, 0.1) is 5.92 Å². The molecule has 1 aromatic rings. The number of piperidine rings is 1. The van der Waals surface area contributed by atoms with Gasteiger partial charge in [-0.3, -0.25) is 9.69 Å². The molecule has 2 heterocycles. The Morgan fingerprint density at radius 3 is 3.00 bits per heavy atom. The summed E-state index contributed by atoms with van der Waals surface area (Å²) in [5.41, 5.74) is 1.38. The minimum Gasteiger partial charge on any atom is -0.493 e. The SMILES string of the molecule is COc1ccc2c3c1O[C@H]1[C@@H](O)C=C[C@H]4[C@@H](C2=O)N(C)CC[C@@]341. The van der Waals surface area contributed by atoms with Crippen molar-refractivity contribution in [2.24, 2.45) is 5.92 Å². The summed E-state index contributed by atoms with van der Waals surface area (Å²) >= 11 is 0. The number of likely N-dealkylation sites (N-methyl/N-ethyl adjacent to an activating group) is 1. The molecule has 2 aliphatic heterocycles. The third-order valence-electron chi connectivity index (χ3n) is 6.21. The molecular formula is C18H19NO4. The Balaban J connectivity index is 1.87. The average Bonchev–Trinajstić information content (AvgIpc) is 2.90. The average molecular weight is 313 g/mol. The van der Waals surface area contributed by atoms with Gasteiger partial charge < -0.3 is 14.6 Å². The second-order valence-corrected chi connectivity index (χ2v) is 7.04. The van der Waals surface area contributed by atoms with Crippen molar-refractivity contribution in [1.29, 1.82) is 0 Å². The minimum absolute atomic E-state index is 0.0445. The van der Waals surface area contributed by atoms with E-state index in [0.717, 1.165) is 24.1 Å². The fourth-order valence-electron chi connectivity index (χ4n) is 5.24. The first-order valence-corrected chi connectivity index (χ1v) is 8.08. The summed E-state index contributed by atoms with van der Waals surface area (Å²) in [4.78, 5) is 15.2. The van der Waals surface area contributed by atoms with Crippen LogP contribution < -0.4 is 9.47 Å². The number of carbonyl (C=O) groups is 1. The van der Waals surface area contributed by atoms with E-state index >= 15 is 0 Å². The number of carbonyl (C=O) groups excluding carboxylic acids is 1. The smallest absolute Gasteiger partial charge is 0.181 e. The third-order valence-corrected chi connectivity index (χ3v) is 6.21. The van der Waals surface area contributed by atoms with Crippen LogP contribution in [0.25, 0.3) is 0 Å². The molecule has 23 heavy (non-hydrogen) atoms. The number of aliphatic hydroxyl groups is 1. The van der Waals surface area contributed by atoms with Crippen LogP contribution >= 0.6 is 0 Å². The maximum atomic E-state index is 13.1. The molecular weight excluding hydrogens is 294 g/mol. The van der Waals surface area contributed by atoms with Gasteiger partial charge in [-0.1, -0.05) is 12.2 Å². The van der Waals surface area contributed by atoms with E-state index < -0.39 is 6.10 Å². The predicted octanol–water partition coefficient (Wildman–Crippen LogP) is 1.14. The summed E-state index contributed by atoms with van der Waals surface area (Å²) in [6, 6.07) is 3.49. The molecule has 1 spiro atoms. The van der Waals surface area contributed by atoms with Crippen LogP contribution in [0.1, 0.15) is 22.3 Å². The molecule has 1 N–H and O–H groups in total. The number of hydrogen-bond acceptors (Lipinski definition) is 5. The number of ketones is 1. The Bertz CT molecular complexity index is 758. The zero-order valence-electron chi connectivity index (χ0n) is 13.2. The van der Waals surface area contributed by atoms with Gasteiger partial charge in [0.1, 0.15) is 12.2 Å². The summed E-state index contributed by atoms with van der Waals surface area (Å²) in [7, 11) is 3.62. The molecule has 0 saturated carbocycles. The number of aliphatic hydroxyl groups excluding tert-OH is 1. The van der Waals surface area contributed by atoms with Crippen LogP contribution in [0.4, 0.5) is 0 Å². The molecule has 120 valence electrons. The molecule has 5 nitrogen and oxygen atoms in total. The molecule has 0 aromatic heterocycles. The number of likely N-dealkylation sites (tertiary alicyclic amines) is 1. The lowest BCUT2D eigenvalue weighted by Crippen LogP contribution is -2.66. The molecule has 1 aromatic carbocycles. The molecule has 2 aliphatic carbocycles. The largest absolute Gasteiger partial charge is 0.493 e. The van der Waals surface area contributed by atoms with E-state index in [9.17, 15) is 9.90 Å². The van der Waals surface area contributed by atoms with Crippen LogP contribution in [-0.2, 0) is 5.41 Å². The van der Waals surface area contributed by atoms with Crippen molar-refractivity contribution in [2.45, 2.75) is 30.1 Å². The second kappa shape index (κ2) is 4.16. The number of methoxy groups -OCH3 is 1. The molecule has 0 unspecified atom stereocenters. The first kappa shape index (κ1) is 13.6. The normalized spacial score (nSPS) is 39.9. The first-order chi connectivity index (χ1) is 11.1. The first-order valence-electron chi connectivity index (χ1n) is 8.08. The molecule has 2 bridgehead atoms. The second-order valence-electron chi connectivity index (χ2n) is 7.04. The van der Waals surface area contributed by atoms with Gasteiger partial charge in [-0.05, 0) is 32.1 Å². The zero-order chi connectivity index (χ0) is 15.9. The van der Waals surface area contributed by atoms with Gasteiger partial charge in [0.05, 0.1) is 13.2 Å². The highest BCUT2D eigenvalue weighted by atomic mass is 16.5. The fourth-order valence-corrected chi connectivity index (χ4v) is 5.24. The van der Waals surface area contributed by atoms with E-state index in [1.165, 1.54) is 0 Å². The summed E-state index contributed by atoms with van der Waals surface area (Å²) < 4.78 is 11.7. The van der Waals surface area contributed by atoms with Gasteiger partial charge in [-0.15, -0.1) is 0 Å². The van der Waals surface area contributed by atoms with Crippen molar-refractivity contribution in [3.8, 4) is 11.5 Å². The molecule has 4 aliphatic rings. The Hall–Kier alpha value is -1.85. The molecule has 5 rings (SSSR count). The van der Waals surface area contributed by atoms with Gasteiger partial charge in [0.25, 0.3) is 0 Å². The van der Waals surface area contributed by atoms with Gasteiger partial charge >= 0.3 is 0 Å². The number of Topliss-reactive ketones (excluding diaryl/α,β-unsaturated/α-hetero) is 1. The molecule has 1 fully saturated rings. The molecule has 0 amide bonds. The zero-order valence-corrected chi connectivity index (χ0v) is 13.2. The van der Waals surface area contributed by atoms with Crippen molar-refractivity contribution < 1.29 is 19.4 Å². The van der Waals surface area contributed by atoms with Crippen LogP contribution in [0.2, 0.25) is 0 Å². The van der Waals surface area contributed by atoms with E-state index in [-0.39, 0.29) is 29.3 Å². The van der Waals surface area contributed by atoms with Gasteiger partial charge in [-0.25, -0.2) is 0 Å². The maximum Gasteiger partial charge on any atom is 0.181 e. The van der Waals surface area contributed by atoms with Crippen LogP contribution in [-0.4, -0.2) is 54.7 Å². The van der Waals surface area contributed by atoms with E-state index in [1.54, 1.807) is 19.3 Å². The van der Waals surface area contributed by atoms with Crippen LogP contribution in [0.5, 0.6) is 11.5 Å². The predicted molar refractivity (Wildman–Crippen MR) is 83.1 cm³/mol. The number of rotatable bonds is 1. The van der Waals surface area contributed by atoms with Gasteiger partial charge in [0, 0.05) is 22.5 Å². The number of hydrogen-bond donors (Lipinski definition) is 1. The van der Waals surface area contributed by atoms with Crippen molar-refractivity contribution >= 4 is 5.78 Å². The molecule has 5 atom stereocenters. The van der Waals surface area contributed by atoms with Crippen molar-refractivity contribution in [3.05, 3.63) is 35.4 Å². The maximum absolute atomic E-state index is 13.1. The molecule has 0 radical (unpaired) electrons. The van der Waals surface area contributed by atoms with Crippen LogP contribution in [0.3, 0.4) is 0 Å². The summed E-state index contributed by atoms with van der Waals surface area (Å²) in [6.07, 6.45) is 3.69. The van der Waals surface area contributed by atoms with Crippen molar-refractivity contribution in [1.82, 2.24) is 4.90 Å². The van der Waals surface area contributed by atoms with Crippen molar-refractivity contribution in [3.63, 3.8) is 0 Å². The highest BCUT2D eigenvalue weighted by Crippen LogP contribution is 2.62. The van der Waals surface area contributed by atoms with E-state index in [1.807, 2.05) is 19.2 Å². The Morgan fingerprint density at radius 1 is 1.39 bits per heavy atom. The summed E-state index contributed by atoms with van der Waals surface area (Å²) in [5, 5.41) is 10.5. The molecule has 1 saturated heterocycles. The highest BCUT2D eigenvalue weighted by Gasteiger charge is 2.66. The van der Waals surface area contributed by atoms with Crippen molar-refractivity contribution in [2.75, 3.05) is 20.7 Å². The lowest BCUT2D eigenvalue weighted by atomic mass is 9.53. The minimum atomic E-state index is -0.659. The monoisotopic (exact) mass is 313 g/mol. The lowest BCUT2D eigenvalue weighted by Gasteiger charge is -2.55. The molecule has 5 heteroatoms. The van der Waals surface area contributed by atoms with E-state index in [4.69, 9.17) is 9.47 Å². The lowest BCUT2D eigenvalue weighted by molar-refractivity contribution is -0.0386. The van der Waals surface area contributed by atoms with Gasteiger partial charge in [-0.2, -0.15) is 0 Å². The Kier molecular flexibility index (Phi) is 2.46. The topological polar surface area (TPSA) is 59.0 Å². The van der Waals surface area contributed by atoms with E-state index in [0.29, 0.717) is 11.5 Å². The quantitative estimate of drug-likeness (QED) is 0.788. The standard InChI is InChI=1S/C18H19NO4/c1-19-8-7-18-10-4-5-11(20)17(18)23-16-12(22-2)6-3-9(13(16)18)15(21)14(10)19/h3-6,10-11,14,17,20H,7-8H2,1-2H3/t10-,11-,14-,17-,18-/m0/s1. The van der Waals surface area contributed by atoms with Crippen LogP contribution in [0.15, 0.2) is 24.3 Å². The third kappa shape index (κ3) is 1.35.